The normalized spacial score (nSPS) is 16.7. The summed E-state index contributed by atoms with van der Waals surface area (Å²) in [7, 11) is 0. The lowest BCUT2D eigenvalue weighted by Gasteiger charge is -2.36. The van der Waals surface area contributed by atoms with Crippen molar-refractivity contribution in [2.75, 3.05) is 69.5 Å². The summed E-state index contributed by atoms with van der Waals surface area (Å²) in [6.07, 6.45) is 3.31. The number of benzene rings is 1. The number of fused-ring (bicyclic) bond motifs is 3. The number of aromatic nitrogens is 6. The van der Waals surface area contributed by atoms with Gasteiger partial charge in [-0.3, -0.25) is 9.69 Å². The van der Waals surface area contributed by atoms with E-state index in [-0.39, 0.29) is 17.7 Å². The van der Waals surface area contributed by atoms with E-state index >= 15 is 4.39 Å². The molecule has 4 aromatic heterocycles. The highest BCUT2D eigenvalue weighted by Gasteiger charge is 2.23. The fourth-order valence-electron chi connectivity index (χ4n) is 5.51. The number of carbonyl (C=O) groups is 1. The number of piperazine rings is 2. The molecule has 1 amide bonds. The molecule has 0 saturated carbocycles. The third-order valence-corrected chi connectivity index (χ3v) is 7.78. The van der Waals surface area contributed by atoms with Crippen molar-refractivity contribution in [3.8, 4) is 11.6 Å². The maximum Gasteiger partial charge on any atom is 0.254 e. The summed E-state index contributed by atoms with van der Waals surface area (Å²) >= 11 is 0. The summed E-state index contributed by atoms with van der Waals surface area (Å²) in [6, 6.07) is 8.40. The third kappa shape index (κ3) is 4.74. The van der Waals surface area contributed by atoms with E-state index in [9.17, 15) is 4.79 Å². The number of halogens is 1. The number of nitrogens with two attached hydrogens (primary N) is 1. The van der Waals surface area contributed by atoms with Gasteiger partial charge < -0.3 is 29.8 Å². The van der Waals surface area contributed by atoms with Gasteiger partial charge in [-0.05, 0) is 30.3 Å². The van der Waals surface area contributed by atoms with Crippen LogP contribution in [0.15, 0.2) is 47.3 Å². The zero-order chi connectivity index (χ0) is 27.9. The van der Waals surface area contributed by atoms with Gasteiger partial charge in [-0.1, -0.05) is 0 Å². The second kappa shape index (κ2) is 10.4. The lowest BCUT2D eigenvalue weighted by atomic mass is 10.1. The molecule has 13 nitrogen and oxygen atoms in total. The van der Waals surface area contributed by atoms with Gasteiger partial charge in [0.2, 0.25) is 11.8 Å². The molecule has 0 radical (unpaired) electrons. The number of nitrogens with zero attached hydrogens (tertiary/aromatic N) is 9. The summed E-state index contributed by atoms with van der Waals surface area (Å²) in [5.41, 5.74) is 8.92. The van der Waals surface area contributed by atoms with Crippen molar-refractivity contribution in [1.82, 2.24) is 44.2 Å². The Bertz CT molecular complexity index is 1700. The van der Waals surface area contributed by atoms with E-state index in [0.717, 1.165) is 32.7 Å². The van der Waals surface area contributed by atoms with Crippen LogP contribution in [0.5, 0.6) is 0 Å². The molecule has 0 atom stereocenters. The molecular formula is C27H30FN11O2. The van der Waals surface area contributed by atoms with E-state index < -0.39 is 0 Å². The SMILES string of the molecule is Nc1nc2c(ncn2CCN2CCN(c3ccc(C(=O)N4CCNCC4)cc3F)CC2)c2nc(-c3ccco3)nn12. The van der Waals surface area contributed by atoms with Crippen LogP contribution in [0, 0.1) is 5.82 Å². The minimum Gasteiger partial charge on any atom is -0.461 e. The number of furan rings is 1. The molecule has 41 heavy (non-hydrogen) atoms. The zero-order valence-electron chi connectivity index (χ0n) is 22.4. The Hall–Kier alpha value is -4.56. The van der Waals surface area contributed by atoms with Crippen molar-refractivity contribution in [3.05, 3.63) is 54.3 Å². The van der Waals surface area contributed by atoms with Gasteiger partial charge in [0.15, 0.2) is 22.6 Å². The van der Waals surface area contributed by atoms with Crippen LogP contribution in [-0.4, -0.2) is 104 Å². The van der Waals surface area contributed by atoms with E-state index in [1.165, 1.54) is 10.6 Å². The van der Waals surface area contributed by atoms with E-state index in [4.69, 9.17) is 10.2 Å². The van der Waals surface area contributed by atoms with E-state index in [1.54, 1.807) is 41.8 Å². The number of nitrogens with one attached hydrogen (secondary N) is 1. The molecule has 6 heterocycles. The fourth-order valence-corrected chi connectivity index (χ4v) is 5.51. The average molecular weight is 560 g/mol. The molecule has 2 aliphatic rings. The summed E-state index contributed by atoms with van der Waals surface area (Å²) in [6.45, 7) is 7.18. The number of imidazole rings is 1. The lowest BCUT2D eigenvalue weighted by Crippen LogP contribution is -2.47. The van der Waals surface area contributed by atoms with Crippen LogP contribution in [0.4, 0.5) is 16.0 Å². The second-order valence-corrected chi connectivity index (χ2v) is 10.3. The maximum atomic E-state index is 15.1. The van der Waals surface area contributed by atoms with Gasteiger partial charge in [-0.15, -0.1) is 5.10 Å². The van der Waals surface area contributed by atoms with E-state index in [2.05, 4.69) is 30.3 Å². The lowest BCUT2D eigenvalue weighted by molar-refractivity contribution is 0.0735. The molecule has 212 valence electrons. The third-order valence-electron chi connectivity index (χ3n) is 7.78. The van der Waals surface area contributed by atoms with Crippen LogP contribution in [0.3, 0.4) is 0 Å². The first-order chi connectivity index (χ1) is 20.0. The van der Waals surface area contributed by atoms with Gasteiger partial charge in [0.1, 0.15) is 5.82 Å². The van der Waals surface area contributed by atoms with Gasteiger partial charge in [0.25, 0.3) is 5.91 Å². The Kier molecular flexibility index (Phi) is 6.47. The van der Waals surface area contributed by atoms with Crippen LogP contribution in [0.2, 0.25) is 0 Å². The van der Waals surface area contributed by atoms with Gasteiger partial charge >= 0.3 is 0 Å². The van der Waals surface area contributed by atoms with Crippen LogP contribution in [0.25, 0.3) is 28.4 Å². The number of nitrogen functional groups attached to an aromatic ring is 1. The molecule has 0 bridgehead atoms. The molecule has 14 heteroatoms. The second-order valence-electron chi connectivity index (χ2n) is 10.3. The van der Waals surface area contributed by atoms with Gasteiger partial charge in [-0.2, -0.15) is 9.50 Å². The number of anilines is 2. The first-order valence-electron chi connectivity index (χ1n) is 13.7. The predicted molar refractivity (Wildman–Crippen MR) is 150 cm³/mol. The Balaban J connectivity index is 0.993. The molecule has 0 aliphatic carbocycles. The molecule has 5 aromatic rings. The van der Waals surface area contributed by atoms with Gasteiger partial charge in [-0.25, -0.2) is 14.4 Å². The number of amides is 1. The fraction of sp³-hybridized carbons (Fsp3) is 0.370. The molecule has 0 spiro atoms. The van der Waals surface area contributed by atoms with Crippen molar-refractivity contribution in [2.24, 2.45) is 0 Å². The minimum absolute atomic E-state index is 0.118. The molecule has 2 aliphatic heterocycles. The first-order valence-corrected chi connectivity index (χ1v) is 13.7. The summed E-state index contributed by atoms with van der Waals surface area (Å²) in [4.78, 5) is 32.6. The Morgan fingerprint density at radius 1 is 1.02 bits per heavy atom. The topological polar surface area (TPSA) is 139 Å². The monoisotopic (exact) mass is 559 g/mol. The average Bonchev–Trinajstić information content (AvgIpc) is 3.77. The minimum atomic E-state index is -0.358. The van der Waals surface area contributed by atoms with E-state index in [1.807, 2.05) is 9.47 Å². The van der Waals surface area contributed by atoms with Crippen molar-refractivity contribution in [2.45, 2.75) is 6.54 Å². The summed E-state index contributed by atoms with van der Waals surface area (Å²) < 4.78 is 23.9. The van der Waals surface area contributed by atoms with Crippen LogP contribution in [-0.2, 0) is 6.54 Å². The van der Waals surface area contributed by atoms with Crippen molar-refractivity contribution in [1.29, 1.82) is 0 Å². The van der Waals surface area contributed by atoms with Crippen molar-refractivity contribution < 1.29 is 13.6 Å². The van der Waals surface area contributed by atoms with Gasteiger partial charge in [0.05, 0.1) is 18.3 Å². The summed E-state index contributed by atoms with van der Waals surface area (Å²) in [5, 5.41) is 7.65. The highest BCUT2D eigenvalue weighted by molar-refractivity contribution is 5.94. The standard InChI is InChI=1S/C27H30FN11O2/c28-19-16-18(26(40)37-7-5-30-6-8-37)3-4-20(19)36-12-9-35(10-13-36)11-14-38-17-31-22-24(38)33-27(29)39-25(22)32-23(34-39)21-2-1-15-41-21/h1-4,15-17,30H,5-14H2,(H2,29,33). The Labute approximate surface area is 234 Å². The molecule has 2 saturated heterocycles. The largest absolute Gasteiger partial charge is 0.461 e. The molecule has 7 rings (SSSR count). The van der Waals surface area contributed by atoms with Crippen LogP contribution >= 0.6 is 0 Å². The molecule has 3 N–H and O–H groups in total. The van der Waals surface area contributed by atoms with Crippen molar-refractivity contribution in [3.63, 3.8) is 0 Å². The maximum absolute atomic E-state index is 15.1. The quantitative estimate of drug-likeness (QED) is 0.313. The van der Waals surface area contributed by atoms with Crippen LogP contribution < -0.4 is 16.0 Å². The number of hydrogen-bond donors (Lipinski definition) is 2. The highest BCUT2D eigenvalue weighted by Crippen LogP contribution is 2.25. The van der Waals surface area contributed by atoms with E-state index in [0.29, 0.717) is 72.4 Å². The zero-order valence-corrected chi connectivity index (χ0v) is 22.4. The number of carbonyl (C=O) groups excluding carboxylic acids is 1. The first kappa shape index (κ1) is 25.4. The predicted octanol–water partition coefficient (Wildman–Crippen LogP) is 1.32. The molecular weight excluding hydrogens is 529 g/mol. The number of rotatable bonds is 6. The smallest absolute Gasteiger partial charge is 0.254 e. The molecule has 0 unspecified atom stereocenters. The molecule has 2 fully saturated rings. The van der Waals surface area contributed by atoms with Crippen molar-refractivity contribution >= 4 is 34.4 Å². The highest BCUT2D eigenvalue weighted by atomic mass is 19.1. The summed E-state index contributed by atoms with van der Waals surface area (Å²) in [5.74, 6) is 0.701. The Morgan fingerprint density at radius 2 is 1.85 bits per heavy atom. The molecule has 1 aromatic carbocycles. The van der Waals surface area contributed by atoms with Crippen LogP contribution in [0.1, 0.15) is 10.4 Å². The van der Waals surface area contributed by atoms with Gasteiger partial charge in [0, 0.05) is 71.0 Å². The number of hydrogen-bond acceptors (Lipinski definition) is 10. The Morgan fingerprint density at radius 3 is 2.61 bits per heavy atom.